The van der Waals surface area contributed by atoms with Crippen molar-refractivity contribution >= 4 is 11.7 Å². The van der Waals surface area contributed by atoms with Crippen LogP contribution < -0.4 is 4.90 Å². The molecule has 7 heteroatoms. The fraction of sp³-hybridized carbons (Fsp3) is 0.462. The average molecular weight is 445 g/mol. The zero-order chi connectivity index (χ0) is 22.6. The van der Waals surface area contributed by atoms with Crippen molar-refractivity contribution in [1.82, 2.24) is 24.4 Å². The Hall–Kier alpha value is -3.22. The van der Waals surface area contributed by atoms with Crippen molar-refractivity contribution in [2.45, 2.75) is 39.0 Å². The van der Waals surface area contributed by atoms with Crippen LogP contribution in [0.1, 0.15) is 37.1 Å². The molecule has 0 N–H and O–H groups in total. The molecule has 0 aliphatic carbocycles. The lowest BCUT2D eigenvalue weighted by atomic mass is 9.88. The van der Waals surface area contributed by atoms with Gasteiger partial charge in [0.25, 0.3) is 0 Å². The third-order valence-corrected chi connectivity index (χ3v) is 7.17. The molecule has 1 amide bonds. The van der Waals surface area contributed by atoms with Crippen LogP contribution in [0.5, 0.6) is 0 Å². The smallest absolute Gasteiger partial charge is 0.225 e. The molecule has 0 atom stereocenters. The molecule has 3 aromatic rings. The fourth-order valence-corrected chi connectivity index (χ4v) is 5.18. The van der Waals surface area contributed by atoms with Crippen LogP contribution >= 0.6 is 0 Å². The predicted octanol–water partition coefficient (Wildman–Crippen LogP) is 3.67. The van der Waals surface area contributed by atoms with Gasteiger partial charge >= 0.3 is 0 Å². The Bertz CT molecular complexity index is 1070. The summed E-state index contributed by atoms with van der Waals surface area (Å²) in [5, 5.41) is 0. The van der Waals surface area contributed by atoms with Crippen LogP contribution in [0.2, 0.25) is 0 Å². The zero-order valence-corrected chi connectivity index (χ0v) is 19.3. The molecule has 2 aromatic heterocycles. The van der Waals surface area contributed by atoms with Gasteiger partial charge in [0.05, 0.1) is 0 Å². The lowest BCUT2D eigenvalue weighted by molar-refractivity contribution is -0.137. The SMILES string of the molecule is Cc1nccn1-c1cc(N2CCC(C(=O)N3CCC(Cc4ccccc4)CC3)CC2)ncn1. The lowest BCUT2D eigenvalue weighted by Gasteiger charge is -2.37. The second kappa shape index (κ2) is 9.73. The molecule has 1 aromatic carbocycles. The number of benzene rings is 1. The van der Waals surface area contributed by atoms with Crippen LogP contribution in [0, 0.1) is 18.8 Å². The Morgan fingerprint density at radius 1 is 0.939 bits per heavy atom. The number of aryl methyl sites for hydroxylation is 1. The van der Waals surface area contributed by atoms with E-state index in [1.54, 1.807) is 12.5 Å². The van der Waals surface area contributed by atoms with Crippen molar-refractivity contribution in [3.63, 3.8) is 0 Å². The van der Waals surface area contributed by atoms with Crippen molar-refractivity contribution in [2.75, 3.05) is 31.1 Å². The minimum atomic E-state index is 0.129. The van der Waals surface area contributed by atoms with Gasteiger partial charge in [-0.05, 0) is 50.5 Å². The van der Waals surface area contributed by atoms with Gasteiger partial charge in [-0.1, -0.05) is 30.3 Å². The van der Waals surface area contributed by atoms with Crippen LogP contribution in [0.15, 0.2) is 55.1 Å². The van der Waals surface area contributed by atoms with Crippen LogP contribution in [0.3, 0.4) is 0 Å². The molecule has 2 saturated heterocycles. The van der Waals surface area contributed by atoms with E-state index in [0.717, 1.165) is 75.7 Å². The van der Waals surface area contributed by atoms with Crippen molar-refractivity contribution in [3.8, 4) is 5.82 Å². The first-order valence-electron chi connectivity index (χ1n) is 12.1. The number of nitrogens with zero attached hydrogens (tertiary/aromatic N) is 6. The number of hydrogen-bond donors (Lipinski definition) is 0. The van der Waals surface area contributed by atoms with Gasteiger partial charge < -0.3 is 9.80 Å². The van der Waals surface area contributed by atoms with Gasteiger partial charge in [-0.3, -0.25) is 9.36 Å². The van der Waals surface area contributed by atoms with Gasteiger partial charge in [0.15, 0.2) is 0 Å². The predicted molar refractivity (Wildman–Crippen MR) is 128 cm³/mol. The molecule has 7 nitrogen and oxygen atoms in total. The standard InChI is InChI=1S/C26H32N6O/c1-20-27-11-16-32(20)25-18-24(28-19-29-25)30-14-9-23(10-15-30)26(33)31-12-7-22(8-13-31)17-21-5-3-2-4-6-21/h2-6,11,16,18-19,22-23H,7-10,12-15,17H2,1H3. The zero-order valence-electron chi connectivity index (χ0n) is 19.3. The number of aromatic nitrogens is 4. The van der Waals surface area contributed by atoms with Crippen molar-refractivity contribution in [1.29, 1.82) is 0 Å². The van der Waals surface area contributed by atoms with Crippen LogP contribution in [-0.4, -0.2) is 56.5 Å². The highest BCUT2D eigenvalue weighted by molar-refractivity contribution is 5.79. The van der Waals surface area contributed by atoms with Crippen molar-refractivity contribution in [2.24, 2.45) is 11.8 Å². The number of amides is 1. The Morgan fingerprint density at radius 2 is 1.67 bits per heavy atom. The van der Waals surface area contributed by atoms with Gasteiger partial charge in [0, 0.05) is 50.6 Å². The summed E-state index contributed by atoms with van der Waals surface area (Å²) in [7, 11) is 0. The molecule has 172 valence electrons. The Morgan fingerprint density at radius 3 is 2.36 bits per heavy atom. The van der Waals surface area contributed by atoms with Crippen LogP contribution in [-0.2, 0) is 11.2 Å². The molecule has 2 aliphatic heterocycles. The molecule has 33 heavy (non-hydrogen) atoms. The summed E-state index contributed by atoms with van der Waals surface area (Å²) in [4.78, 5) is 30.7. The molecule has 0 bridgehead atoms. The number of carbonyl (C=O) groups is 1. The quantitative estimate of drug-likeness (QED) is 0.601. The van der Waals surface area contributed by atoms with Gasteiger partial charge in [-0.2, -0.15) is 0 Å². The summed E-state index contributed by atoms with van der Waals surface area (Å²) in [5.41, 5.74) is 1.41. The van der Waals surface area contributed by atoms with E-state index in [2.05, 4.69) is 55.1 Å². The number of piperidine rings is 2. The number of rotatable bonds is 5. The van der Waals surface area contributed by atoms with E-state index in [9.17, 15) is 4.79 Å². The second-order valence-corrected chi connectivity index (χ2v) is 9.30. The summed E-state index contributed by atoms with van der Waals surface area (Å²) in [5.74, 6) is 3.81. The molecular weight excluding hydrogens is 412 g/mol. The third-order valence-electron chi connectivity index (χ3n) is 7.17. The number of anilines is 1. The highest BCUT2D eigenvalue weighted by Crippen LogP contribution is 2.27. The van der Waals surface area contributed by atoms with E-state index in [1.807, 2.05) is 23.8 Å². The largest absolute Gasteiger partial charge is 0.356 e. The van der Waals surface area contributed by atoms with Crippen LogP contribution in [0.4, 0.5) is 5.82 Å². The minimum Gasteiger partial charge on any atom is -0.356 e. The highest BCUT2D eigenvalue weighted by Gasteiger charge is 2.31. The Kier molecular flexibility index (Phi) is 6.37. The molecule has 0 radical (unpaired) electrons. The summed E-state index contributed by atoms with van der Waals surface area (Å²) < 4.78 is 1.96. The topological polar surface area (TPSA) is 67.2 Å². The van der Waals surface area contributed by atoms with Gasteiger partial charge in [0.1, 0.15) is 23.8 Å². The van der Waals surface area contributed by atoms with E-state index in [-0.39, 0.29) is 5.92 Å². The number of hydrogen-bond acceptors (Lipinski definition) is 5. The number of likely N-dealkylation sites (tertiary alicyclic amines) is 1. The highest BCUT2D eigenvalue weighted by atomic mass is 16.2. The van der Waals surface area contributed by atoms with Gasteiger partial charge in [0.2, 0.25) is 5.91 Å². The molecular formula is C26H32N6O. The fourth-order valence-electron chi connectivity index (χ4n) is 5.18. The van der Waals surface area contributed by atoms with E-state index < -0.39 is 0 Å². The normalized spacial score (nSPS) is 18.0. The molecule has 0 unspecified atom stereocenters. The average Bonchev–Trinajstić information content (AvgIpc) is 3.31. The molecule has 2 fully saturated rings. The van der Waals surface area contributed by atoms with E-state index in [4.69, 9.17) is 0 Å². The monoisotopic (exact) mass is 444 g/mol. The maximum Gasteiger partial charge on any atom is 0.225 e. The lowest BCUT2D eigenvalue weighted by Crippen LogP contribution is -2.45. The Balaban J connectivity index is 1.13. The minimum absolute atomic E-state index is 0.129. The van der Waals surface area contributed by atoms with Crippen molar-refractivity contribution in [3.05, 3.63) is 66.5 Å². The Labute approximate surface area is 195 Å². The first-order valence-corrected chi connectivity index (χ1v) is 12.1. The van der Waals surface area contributed by atoms with E-state index >= 15 is 0 Å². The maximum absolute atomic E-state index is 13.2. The summed E-state index contributed by atoms with van der Waals surface area (Å²) in [6.45, 7) is 5.45. The van der Waals surface area contributed by atoms with Gasteiger partial charge in [-0.25, -0.2) is 15.0 Å². The third kappa shape index (κ3) is 4.92. The maximum atomic E-state index is 13.2. The number of carbonyl (C=O) groups excluding carboxylic acids is 1. The number of imidazole rings is 1. The van der Waals surface area contributed by atoms with Crippen LogP contribution in [0.25, 0.3) is 5.82 Å². The summed E-state index contributed by atoms with van der Waals surface area (Å²) in [6.07, 6.45) is 10.4. The van der Waals surface area contributed by atoms with E-state index in [1.165, 1.54) is 5.56 Å². The molecule has 2 aliphatic rings. The second-order valence-electron chi connectivity index (χ2n) is 9.30. The summed E-state index contributed by atoms with van der Waals surface area (Å²) in [6, 6.07) is 12.7. The molecule has 0 spiro atoms. The summed E-state index contributed by atoms with van der Waals surface area (Å²) >= 11 is 0. The van der Waals surface area contributed by atoms with Gasteiger partial charge in [-0.15, -0.1) is 0 Å². The molecule has 0 saturated carbocycles. The first kappa shape index (κ1) is 21.6. The van der Waals surface area contributed by atoms with Crippen molar-refractivity contribution < 1.29 is 4.79 Å². The van der Waals surface area contributed by atoms with E-state index in [0.29, 0.717) is 11.8 Å². The first-order chi connectivity index (χ1) is 16.2. The molecule has 4 heterocycles. The molecule has 5 rings (SSSR count).